The molecule has 0 saturated carbocycles. The molecule has 0 aliphatic heterocycles. The van der Waals surface area contributed by atoms with E-state index in [0.717, 1.165) is 5.56 Å². The van der Waals surface area contributed by atoms with E-state index in [1.807, 2.05) is 30.3 Å². The van der Waals surface area contributed by atoms with Crippen LogP contribution in [0.2, 0.25) is 0 Å². The van der Waals surface area contributed by atoms with Crippen LogP contribution in [0.5, 0.6) is 0 Å². The predicted octanol–water partition coefficient (Wildman–Crippen LogP) is 2.37. The van der Waals surface area contributed by atoms with E-state index >= 15 is 0 Å². The standard InChI is InChI=1S/C15H15N5O4/c1-11-16-9-14(20(21)22)19(11)7-8-23-10-13-17-18-15(24-13)12-5-3-2-4-6-12/h2-6,9H,7-8,10H2,1H3. The first-order valence-corrected chi connectivity index (χ1v) is 7.27. The summed E-state index contributed by atoms with van der Waals surface area (Å²) in [5.41, 5.74) is 0.834. The Labute approximate surface area is 137 Å². The number of aryl methyl sites for hydroxylation is 1. The van der Waals surface area contributed by atoms with Crippen molar-refractivity contribution in [1.29, 1.82) is 0 Å². The Balaban J connectivity index is 1.54. The van der Waals surface area contributed by atoms with Gasteiger partial charge < -0.3 is 19.3 Å². The van der Waals surface area contributed by atoms with Crippen LogP contribution in [0, 0.1) is 17.0 Å². The molecule has 0 N–H and O–H groups in total. The van der Waals surface area contributed by atoms with Crippen molar-refractivity contribution in [3.8, 4) is 11.5 Å². The lowest BCUT2D eigenvalue weighted by molar-refractivity contribution is -0.392. The second-order valence-corrected chi connectivity index (χ2v) is 4.99. The molecule has 0 aliphatic carbocycles. The minimum absolute atomic E-state index is 0.0553. The number of nitrogens with zero attached hydrogens (tertiary/aromatic N) is 5. The third-order valence-electron chi connectivity index (χ3n) is 3.39. The van der Waals surface area contributed by atoms with E-state index in [1.165, 1.54) is 10.8 Å². The highest BCUT2D eigenvalue weighted by Crippen LogP contribution is 2.17. The average molecular weight is 329 g/mol. The highest BCUT2D eigenvalue weighted by molar-refractivity contribution is 5.51. The van der Waals surface area contributed by atoms with Gasteiger partial charge in [-0.1, -0.05) is 18.2 Å². The van der Waals surface area contributed by atoms with E-state index in [1.54, 1.807) is 6.92 Å². The fourth-order valence-corrected chi connectivity index (χ4v) is 2.20. The Hall–Kier alpha value is -3.07. The van der Waals surface area contributed by atoms with Gasteiger partial charge in [-0.05, 0) is 17.1 Å². The molecule has 0 aliphatic rings. The van der Waals surface area contributed by atoms with Crippen LogP contribution in [0.4, 0.5) is 5.82 Å². The van der Waals surface area contributed by atoms with Crippen molar-refractivity contribution in [3.63, 3.8) is 0 Å². The van der Waals surface area contributed by atoms with Crippen molar-refractivity contribution >= 4 is 5.82 Å². The lowest BCUT2D eigenvalue weighted by Crippen LogP contribution is -2.10. The number of hydrogen-bond acceptors (Lipinski definition) is 7. The topological polar surface area (TPSA) is 109 Å². The van der Waals surface area contributed by atoms with Crippen LogP contribution in [0.3, 0.4) is 0 Å². The second kappa shape index (κ2) is 7.01. The van der Waals surface area contributed by atoms with Crippen molar-refractivity contribution in [2.75, 3.05) is 6.61 Å². The molecule has 2 aromatic heterocycles. The molecule has 9 nitrogen and oxygen atoms in total. The quantitative estimate of drug-likeness (QED) is 0.372. The largest absolute Gasteiger partial charge is 0.418 e. The number of ether oxygens (including phenoxy) is 1. The second-order valence-electron chi connectivity index (χ2n) is 4.99. The van der Waals surface area contributed by atoms with Gasteiger partial charge in [0.1, 0.15) is 19.3 Å². The summed E-state index contributed by atoms with van der Waals surface area (Å²) in [6.45, 7) is 2.43. The summed E-state index contributed by atoms with van der Waals surface area (Å²) in [4.78, 5) is 14.4. The number of rotatable bonds is 7. The molecule has 0 amide bonds. The van der Waals surface area contributed by atoms with Crippen LogP contribution in [0.1, 0.15) is 11.7 Å². The Bertz CT molecular complexity index is 828. The van der Waals surface area contributed by atoms with Crippen molar-refractivity contribution in [2.45, 2.75) is 20.1 Å². The monoisotopic (exact) mass is 329 g/mol. The first-order valence-electron chi connectivity index (χ1n) is 7.27. The lowest BCUT2D eigenvalue weighted by atomic mass is 10.2. The van der Waals surface area contributed by atoms with Gasteiger partial charge in [0, 0.05) is 12.5 Å². The summed E-state index contributed by atoms with van der Waals surface area (Å²) in [6.07, 6.45) is 1.24. The van der Waals surface area contributed by atoms with Gasteiger partial charge in [-0.2, -0.15) is 0 Å². The van der Waals surface area contributed by atoms with Gasteiger partial charge in [-0.15, -0.1) is 10.2 Å². The molecule has 2 heterocycles. The molecule has 0 radical (unpaired) electrons. The highest BCUT2D eigenvalue weighted by atomic mass is 16.6. The minimum Gasteiger partial charge on any atom is -0.418 e. The number of aromatic nitrogens is 4. The maximum Gasteiger partial charge on any atom is 0.342 e. The van der Waals surface area contributed by atoms with Crippen molar-refractivity contribution in [3.05, 3.63) is 58.4 Å². The molecule has 0 spiro atoms. The maximum atomic E-state index is 10.9. The first-order chi connectivity index (χ1) is 11.6. The molecule has 1 aromatic carbocycles. The molecular weight excluding hydrogens is 314 g/mol. The van der Waals surface area contributed by atoms with E-state index < -0.39 is 4.92 Å². The molecule has 124 valence electrons. The van der Waals surface area contributed by atoms with E-state index in [9.17, 15) is 10.1 Å². The van der Waals surface area contributed by atoms with E-state index in [0.29, 0.717) is 24.2 Å². The van der Waals surface area contributed by atoms with Gasteiger partial charge in [0.25, 0.3) is 0 Å². The first kappa shape index (κ1) is 15.8. The van der Waals surface area contributed by atoms with Crippen LogP contribution >= 0.6 is 0 Å². The van der Waals surface area contributed by atoms with Crippen LogP contribution in [0.15, 0.2) is 40.9 Å². The summed E-state index contributed by atoms with van der Waals surface area (Å²) in [5, 5.41) is 18.8. The fraction of sp³-hybridized carbons (Fsp3) is 0.267. The number of nitro groups is 1. The van der Waals surface area contributed by atoms with E-state index in [4.69, 9.17) is 9.15 Å². The Kier molecular flexibility index (Phi) is 4.62. The van der Waals surface area contributed by atoms with Crippen LogP contribution in [-0.2, 0) is 17.9 Å². The van der Waals surface area contributed by atoms with Gasteiger partial charge in [-0.25, -0.2) is 9.55 Å². The molecule has 0 saturated heterocycles. The number of imidazole rings is 1. The molecule has 0 atom stereocenters. The number of benzene rings is 1. The normalized spacial score (nSPS) is 10.9. The summed E-state index contributed by atoms with van der Waals surface area (Å²) in [6, 6.07) is 9.42. The molecule has 24 heavy (non-hydrogen) atoms. The SMILES string of the molecule is Cc1ncc([N+](=O)[O-])n1CCOCc1nnc(-c2ccccc2)o1. The highest BCUT2D eigenvalue weighted by Gasteiger charge is 2.17. The zero-order chi connectivity index (χ0) is 16.9. The maximum absolute atomic E-state index is 10.9. The Morgan fingerprint density at radius 3 is 2.83 bits per heavy atom. The molecule has 3 aromatic rings. The van der Waals surface area contributed by atoms with Crippen molar-refractivity contribution in [1.82, 2.24) is 19.7 Å². The summed E-state index contributed by atoms with van der Waals surface area (Å²) in [5.74, 6) is 1.29. The Morgan fingerprint density at radius 2 is 2.08 bits per heavy atom. The van der Waals surface area contributed by atoms with Crippen LogP contribution < -0.4 is 0 Å². The lowest BCUT2D eigenvalue weighted by Gasteiger charge is -2.03. The number of hydrogen-bond donors (Lipinski definition) is 0. The zero-order valence-electron chi connectivity index (χ0n) is 13.0. The molecular formula is C15H15N5O4. The van der Waals surface area contributed by atoms with Gasteiger partial charge in [0.15, 0.2) is 5.82 Å². The van der Waals surface area contributed by atoms with Gasteiger partial charge >= 0.3 is 5.82 Å². The van der Waals surface area contributed by atoms with E-state index in [2.05, 4.69) is 15.2 Å². The van der Waals surface area contributed by atoms with Gasteiger partial charge in [0.05, 0.1) is 6.61 Å². The summed E-state index contributed by atoms with van der Waals surface area (Å²) in [7, 11) is 0. The van der Waals surface area contributed by atoms with E-state index in [-0.39, 0.29) is 19.0 Å². The third-order valence-corrected chi connectivity index (χ3v) is 3.39. The molecule has 3 rings (SSSR count). The Morgan fingerprint density at radius 1 is 1.29 bits per heavy atom. The zero-order valence-corrected chi connectivity index (χ0v) is 13.0. The summed E-state index contributed by atoms with van der Waals surface area (Å²) < 4.78 is 12.5. The predicted molar refractivity (Wildman–Crippen MR) is 83.0 cm³/mol. The molecule has 0 fully saturated rings. The molecule has 0 unspecified atom stereocenters. The van der Waals surface area contributed by atoms with Crippen molar-refractivity contribution in [2.24, 2.45) is 0 Å². The minimum atomic E-state index is -0.468. The third kappa shape index (κ3) is 3.46. The van der Waals surface area contributed by atoms with Gasteiger partial charge in [-0.3, -0.25) is 0 Å². The van der Waals surface area contributed by atoms with Crippen LogP contribution in [0.25, 0.3) is 11.5 Å². The van der Waals surface area contributed by atoms with Gasteiger partial charge in [0.2, 0.25) is 11.8 Å². The fourth-order valence-electron chi connectivity index (χ4n) is 2.20. The average Bonchev–Trinajstić information content (AvgIpc) is 3.19. The molecule has 0 bridgehead atoms. The van der Waals surface area contributed by atoms with Crippen molar-refractivity contribution < 1.29 is 14.1 Å². The molecule has 9 heteroatoms. The smallest absolute Gasteiger partial charge is 0.342 e. The summed E-state index contributed by atoms with van der Waals surface area (Å²) >= 11 is 0. The van der Waals surface area contributed by atoms with Crippen LogP contribution in [-0.4, -0.2) is 31.3 Å².